The van der Waals surface area contributed by atoms with Gasteiger partial charge in [-0.3, -0.25) is 4.79 Å². The van der Waals surface area contributed by atoms with E-state index in [1.54, 1.807) is 21.1 Å². The number of benzene rings is 1. The zero-order valence-electron chi connectivity index (χ0n) is 14.3. The molecule has 5 nitrogen and oxygen atoms in total. The van der Waals surface area contributed by atoms with Gasteiger partial charge in [-0.05, 0) is 38.0 Å². The van der Waals surface area contributed by atoms with Gasteiger partial charge in [-0.15, -0.1) is 0 Å². The van der Waals surface area contributed by atoms with Gasteiger partial charge in [0.25, 0.3) is 0 Å². The van der Waals surface area contributed by atoms with Crippen LogP contribution in [0.25, 0.3) is 0 Å². The fourth-order valence-electron chi connectivity index (χ4n) is 2.00. The van der Waals surface area contributed by atoms with Gasteiger partial charge in [-0.25, -0.2) is 0 Å². The second-order valence-electron chi connectivity index (χ2n) is 5.71. The van der Waals surface area contributed by atoms with Gasteiger partial charge < -0.3 is 19.5 Å². The molecule has 0 unspecified atom stereocenters. The van der Waals surface area contributed by atoms with Crippen molar-refractivity contribution in [3.05, 3.63) is 23.8 Å². The Morgan fingerprint density at radius 3 is 2.36 bits per heavy atom. The number of nitrogens with one attached hydrogen (secondary N) is 1. The number of rotatable bonds is 8. The fraction of sp³-hybridized carbons (Fsp3) is 0.588. The van der Waals surface area contributed by atoms with Crippen LogP contribution in [0.3, 0.4) is 0 Å². The molecule has 0 aliphatic rings. The van der Waals surface area contributed by atoms with Crippen LogP contribution in [-0.4, -0.2) is 32.8 Å². The molecular weight excluding hydrogens is 282 g/mol. The van der Waals surface area contributed by atoms with E-state index in [1.807, 2.05) is 39.0 Å². The molecule has 0 aromatic heterocycles. The minimum atomic E-state index is -0.485. The van der Waals surface area contributed by atoms with Crippen LogP contribution in [-0.2, 0) is 9.53 Å². The Labute approximate surface area is 132 Å². The third-order valence-corrected chi connectivity index (χ3v) is 3.31. The average molecular weight is 309 g/mol. The van der Waals surface area contributed by atoms with Crippen LogP contribution in [0.4, 0.5) is 0 Å². The minimum Gasteiger partial charge on any atom is -0.497 e. The Morgan fingerprint density at radius 1 is 1.14 bits per heavy atom. The summed E-state index contributed by atoms with van der Waals surface area (Å²) in [4.78, 5) is 12.2. The average Bonchev–Trinajstić information content (AvgIpc) is 2.51. The predicted octanol–water partition coefficient (Wildman–Crippen LogP) is 2.94. The van der Waals surface area contributed by atoms with Gasteiger partial charge >= 0.3 is 0 Å². The van der Waals surface area contributed by atoms with Crippen LogP contribution in [0.1, 0.15) is 39.3 Å². The van der Waals surface area contributed by atoms with Crippen LogP contribution in [0.2, 0.25) is 0 Å². The highest BCUT2D eigenvalue weighted by Gasteiger charge is 2.19. The van der Waals surface area contributed by atoms with E-state index in [1.165, 1.54) is 0 Å². The number of carbonyl (C=O) groups is 1. The molecule has 5 heteroatoms. The van der Waals surface area contributed by atoms with Gasteiger partial charge in [-0.2, -0.15) is 0 Å². The Kier molecular flexibility index (Phi) is 7.18. The molecule has 1 amide bonds. The zero-order chi connectivity index (χ0) is 16.7. The number of amides is 1. The molecular formula is C17H27NO4. The summed E-state index contributed by atoms with van der Waals surface area (Å²) >= 11 is 0. The first-order valence-corrected chi connectivity index (χ1v) is 7.52. The van der Waals surface area contributed by atoms with E-state index in [-0.39, 0.29) is 11.9 Å². The number of hydrogen-bond acceptors (Lipinski definition) is 4. The molecule has 0 fully saturated rings. The van der Waals surface area contributed by atoms with Crippen molar-refractivity contribution in [1.82, 2.24) is 5.32 Å². The Morgan fingerprint density at radius 2 is 1.82 bits per heavy atom. The van der Waals surface area contributed by atoms with Crippen molar-refractivity contribution in [3.63, 3.8) is 0 Å². The largest absolute Gasteiger partial charge is 0.497 e. The summed E-state index contributed by atoms with van der Waals surface area (Å²) in [7, 11) is 3.21. The molecule has 0 heterocycles. The first-order chi connectivity index (χ1) is 10.4. The Balaban J connectivity index is 2.75. The van der Waals surface area contributed by atoms with Crippen LogP contribution in [0.15, 0.2) is 18.2 Å². The summed E-state index contributed by atoms with van der Waals surface area (Å²) in [5.74, 6) is 1.69. The number of carbonyl (C=O) groups excluding carboxylic acids is 1. The molecule has 0 radical (unpaired) electrons. The van der Waals surface area contributed by atoms with E-state index in [4.69, 9.17) is 14.2 Å². The Hall–Kier alpha value is -1.75. The third kappa shape index (κ3) is 5.22. The zero-order valence-corrected chi connectivity index (χ0v) is 14.3. The van der Waals surface area contributed by atoms with Gasteiger partial charge in [0.2, 0.25) is 5.91 Å². The lowest BCUT2D eigenvalue weighted by atomic mass is 10.1. The number of hydrogen-bond donors (Lipinski definition) is 1. The van der Waals surface area contributed by atoms with Crippen molar-refractivity contribution in [3.8, 4) is 11.5 Å². The maximum atomic E-state index is 12.2. The lowest BCUT2D eigenvalue weighted by Crippen LogP contribution is -2.36. The maximum Gasteiger partial charge on any atom is 0.249 e. The lowest BCUT2D eigenvalue weighted by Gasteiger charge is -2.21. The van der Waals surface area contributed by atoms with Crippen molar-refractivity contribution in [1.29, 1.82) is 0 Å². The second-order valence-corrected chi connectivity index (χ2v) is 5.71. The van der Waals surface area contributed by atoms with Gasteiger partial charge in [0.1, 0.15) is 17.6 Å². The monoisotopic (exact) mass is 309 g/mol. The molecule has 0 aliphatic carbocycles. The molecule has 0 aliphatic heterocycles. The Bertz CT molecular complexity index is 488. The van der Waals surface area contributed by atoms with Crippen molar-refractivity contribution in [2.24, 2.45) is 5.92 Å². The molecule has 124 valence electrons. The third-order valence-electron chi connectivity index (χ3n) is 3.31. The molecule has 1 rings (SSSR count). The number of ether oxygens (including phenoxy) is 3. The van der Waals surface area contributed by atoms with E-state index in [9.17, 15) is 4.79 Å². The van der Waals surface area contributed by atoms with Gasteiger partial charge in [-0.1, -0.05) is 13.8 Å². The normalized spacial score (nSPS) is 13.6. The molecule has 0 saturated carbocycles. The standard InChI is InChI=1S/C17H27NO4/c1-11(2)10-22-13(4)17(19)18-12(3)15-9-14(20-5)7-8-16(15)21-6/h7-9,11-13H,10H2,1-6H3,(H,18,19)/t12-,13+/m1/s1. The smallest absolute Gasteiger partial charge is 0.249 e. The van der Waals surface area contributed by atoms with E-state index in [0.29, 0.717) is 18.3 Å². The van der Waals surface area contributed by atoms with Crippen molar-refractivity contribution in [2.75, 3.05) is 20.8 Å². The summed E-state index contributed by atoms with van der Waals surface area (Å²) in [6.45, 7) is 8.33. The molecule has 0 bridgehead atoms. The molecule has 1 aromatic carbocycles. The minimum absolute atomic E-state index is 0.141. The summed E-state index contributed by atoms with van der Waals surface area (Å²) in [6, 6.07) is 5.31. The van der Waals surface area contributed by atoms with Crippen molar-refractivity contribution >= 4 is 5.91 Å². The summed E-state index contributed by atoms with van der Waals surface area (Å²) in [5, 5.41) is 2.95. The summed E-state index contributed by atoms with van der Waals surface area (Å²) < 4.78 is 16.1. The van der Waals surface area contributed by atoms with Gasteiger partial charge in [0.15, 0.2) is 0 Å². The molecule has 2 atom stereocenters. The first-order valence-electron chi connectivity index (χ1n) is 7.52. The SMILES string of the molecule is COc1ccc(OC)c([C@@H](C)NC(=O)[C@H](C)OCC(C)C)c1. The molecule has 22 heavy (non-hydrogen) atoms. The summed E-state index contributed by atoms with van der Waals surface area (Å²) in [6.07, 6.45) is -0.485. The molecule has 1 aromatic rings. The molecule has 0 spiro atoms. The maximum absolute atomic E-state index is 12.2. The van der Waals surface area contributed by atoms with Crippen molar-refractivity contribution < 1.29 is 19.0 Å². The molecule has 1 N–H and O–H groups in total. The number of methoxy groups -OCH3 is 2. The second kappa shape index (κ2) is 8.63. The van der Waals surface area contributed by atoms with E-state index in [2.05, 4.69) is 5.32 Å². The van der Waals surface area contributed by atoms with Gasteiger partial charge in [0.05, 0.1) is 20.3 Å². The lowest BCUT2D eigenvalue weighted by molar-refractivity contribution is -0.133. The van der Waals surface area contributed by atoms with Gasteiger partial charge in [0, 0.05) is 12.2 Å². The van der Waals surface area contributed by atoms with Crippen molar-refractivity contribution in [2.45, 2.75) is 39.8 Å². The van der Waals surface area contributed by atoms with Crippen LogP contribution >= 0.6 is 0 Å². The van der Waals surface area contributed by atoms with E-state index in [0.717, 1.165) is 11.3 Å². The van der Waals surface area contributed by atoms with E-state index < -0.39 is 6.10 Å². The summed E-state index contributed by atoms with van der Waals surface area (Å²) in [5.41, 5.74) is 0.867. The first kappa shape index (κ1) is 18.3. The quantitative estimate of drug-likeness (QED) is 0.802. The highest BCUT2D eigenvalue weighted by molar-refractivity contribution is 5.80. The van der Waals surface area contributed by atoms with Crippen LogP contribution < -0.4 is 14.8 Å². The van der Waals surface area contributed by atoms with E-state index >= 15 is 0 Å². The highest BCUT2D eigenvalue weighted by atomic mass is 16.5. The van der Waals surface area contributed by atoms with Crippen LogP contribution in [0, 0.1) is 5.92 Å². The molecule has 0 saturated heterocycles. The highest BCUT2D eigenvalue weighted by Crippen LogP contribution is 2.29. The van der Waals surface area contributed by atoms with Crippen LogP contribution in [0.5, 0.6) is 11.5 Å². The topological polar surface area (TPSA) is 56.8 Å². The fourth-order valence-corrected chi connectivity index (χ4v) is 2.00. The predicted molar refractivity (Wildman–Crippen MR) is 86.4 cm³/mol.